The molecule has 0 fully saturated rings. The molecule has 6 rings (SSSR count). The van der Waals surface area contributed by atoms with Gasteiger partial charge in [0.1, 0.15) is 17.2 Å². The molecule has 0 saturated heterocycles. The molecule has 0 N–H and O–H groups in total. The number of hydrogen-bond donors (Lipinski definition) is 0. The van der Waals surface area contributed by atoms with Crippen molar-refractivity contribution in [3.63, 3.8) is 0 Å². The quantitative estimate of drug-likeness (QED) is 0.0413. The van der Waals surface area contributed by atoms with Crippen LogP contribution in [0.25, 0.3) is 32.6 Å². The molecule has 0 aliphatic heterocycles. The molecule has 0 atom stereocenters. The van der Waals surface area contributed by atoms with Gasteiger partial charge in [-0.2, -0.15) is 8.78 Å². The second kappa shape index (κ2) is 14.7. The number of hydrogen-bond acceptors (Lipinski definition) is 6. The number of aromatic nitrogens is 1. The minimum absolute atomic E-state index is 0.00527. The second-order valence-corrected chi connectivity index (χ2v) is 13.2. The third-order valence-corrected chi connectivity index (χ3v) is 9.12. The van der Waals surface area contributed by atoms with Gasteiger partial charge in [-0.3, -0.25) is 9.59 Å². The number of para-hydroxylation sites is 1. The van der Waals surface area contributed by atoms with Crippen LogP contribution in [-0.2, 0) is 21.0 Å². The van der Waals surface area contributed by atoms with E-state index in [1.807, 2.05) is 67.8 Å². The van der Waals surface area contributed by atoms with E-state index in [4.69, 9.17) is 9.57 Å². The molecule has 0 aliphatic rings. The van der Waals surface area contributed by atoms with E-state index in [2.05, 4.69) is 5.16 Å². The van der Waals surface area contributed by atoms with Crippen LogP contribution in [-0.4, -0.2) is 46.8 Å². The van der Waals surface area contributed by atoms with Gasteiger partial charge in [0.05, 0.1) is 5.52 Å². The van der Waals surface area contributed by atoms with Crippen LogP contribution in [0.1, 0.15) is 64.0 Å². The molecule has 0 spiro atoms. The molecule has 0 bridgehead atoms. The van der Waals surface area contributed by atoms with Gasteiger partial charge in [-0.1, -0.05) is 65.3 Å². The van der Waals surface area contributed by atoms with Crippen LogP contribution in [0.2, 0.25) is 0 Å². The Kier molecular flexibility index (Phi) is 10.2. The normalized spacial score (nSPS) is 12.2. The Morgan fingerprint density at radius 3 is 2.11 bits per heavy atom. The summed E-state index contributed by atoms with van der Waals surface area (Å²) in [6.07, 6.45) is -3.71. The number of fused-ring (bicyclic) bond motifs is 5. The predicted octanol–water partition coefficient (Wildman–Crippen LogP) is 9.68. The first-order valence-electron chi connectivity index (χ1n) is 16.9. The molecule has 0 saturated carbocycles. The molecule has 0 unspecified atom stereocenters. The van der Waals surface area contributed by atoms with Crippen LogP contribution >= 0.6 is 0 Å². The molecule has 7 nitrogen and oxygen atoms in total. The predicted molar refractivity (Wildman–Crippen MR) is 197 cm³/mol. The summed E-state index contributed by atoms with van der Waals surface area (Å²) >= 11 is 0. The average Bonchev–Trinajstić information content (AvgIpc) is 3.42. The zero-order chi connectivity index (χ0) is 38.2. The van der Waals surface area contributed by atoms with Gasteiger partial charge >= 0.3 is 18.3 Å². The maximum atomic E-state index is 14.5. The third kappa shape index (κ3) is 7.28. The van der Waals surface area contributed by atoms with Crippen molar-refractivity contribution >= 4 is 55.8 Å². The van der Waals surface area contributed by atoms with Crippen molar-refractivity contribution < 1.29 is 41.5 Å². The number of aryl methyl sites for hydroxylation is 4. The minimum Gasteiger partial charge on any atom is -0.486 e. The van der Waals surface area contributed by atoms with Crippen molar-refractivity contribution in [2.24, 2.45) is 5.16 Å². The van der Waals surface area contributed by atoms with Gasteiger partial charge in [-0.05, 0) is 74.5 Å². The molecule has 5 aromatic carbocycles. The fraction of sp³-hybridized carbons (Fsp3) is 0.238. The van der Waals surface area contributed by atoms with Crippen LogP contribution in [0.3, 0.4) is 0 Å². The van der Waals surface area contributed by atoms with Crippen LogP contribution in [0.15, 0.2) is 90.1 Å². The summed E-state index contributed by atoms with van der Waals surface area (Å²) in [6, 6.07) is 24.5. The van der Waals surface area contributed by atoms with Gasteiger partial charge in [0, 0.05) is 63.8 Å². The first-order valence-corrected chi connectivity index (χ1v) is 16.9. The van der Waals surface area contributed by atoms with E-state index >= 15 is 0 Å². The molecule has 0 aliphatic carbocycles. The number of Topliss-reactive ketones (excluding diaryl/α,β-unsaturated/α-hetero) is 1. The van der Waals surface area contributed by atoms with Gasteiger partial charge in [-0.25, -0.2) is 13.6 Å². The summed E-state index contributed by atoms with van der Waals surface area (Å²) in [5.74, 6) is -5.53. The Morgan fingerprint density at radius 2 is 1.45 bits per heavy atom. The number of oxime groups is 1. The number of rotatable bonds is 12. The smallest absolute Gasteiger partial charge is 0.340 e. The first-order chi connectivity index (χ1) is 25.2. The van der Waals surface area contributed by atoms with Gasteiger partial charge < -0.3 is 14.1 Å². The number of alkyl halides is 4. The summed E-state index contributed by atoms with van der Waals surface area (Å²) in [6.45, 7) is 7.19. The van der Waals surface area contributed by atoms with Crippen molar-refractivity contribution in [3.05, 3.63) is 124 Å². The largest absolute Gasteiger partial charge is 0.486 e. The third-order valence-electron chi connectivity index (χ3n) is 9.12. The number of nitrogens with zero attached hydrogens (tertiary/aromatic N) is 2. The second-order valence-electron chi connectivity index (χ2n) is 13.2. The lowest BCUT2D eigenvalue weighted by Crippen LogP contribution is -2.34. The molecular formula is C42H36F4N2O5. The Hall–Kier alpha value is -5.84. The zero-order valence-corrected chi connectivity index (χ0v) is 29.7. The van der Waals surface area contributed by atoms with E-state index in [1.165, 1.54) is 25.1 Å². The van der Waals surface area contributed by atoms with E-state index in [9.17, 15) is 31.9 Å². The molecule has 53 heavy (non-hydrogen) atoms. The van der Waals surface area contributed by atoms with Gasteiger partial charge in [0.25, 0.3) is 0 Å². The molecular weight excluding hydrogens is 688 g/mol. The summed E-state index contributed by atoms with van der Waals surface area (Å²) < 4.78 is 61.1. The fourth-order valence-electron chi connectivity index (χ4n) is 6.87. The standard InChI is InChI=1S/C42H36F4N2O5/c1-23-18-24(2)37(25(3)19-23)40(51)34-21-33-32-20-28(14-15-35(32)48(17-16-26(4)49)39(33)30-11-7-6-10-29(30)34)38(47-53-27(5)50)31-12-8-9-13-36(31)52-22-42(45,46)41(43)44/h6-15,18-21,41H,16-17,22H2,1-5H3/b47-38-. The van der Waals surface area contributed by atoms with Crippen molar-refractivity contribution in [1.82, 2.24) is 4.57 Å². The van der Waals surface area contributed by atoms with Gasteiger partial charge in [0.15, 0.2) is 12.4 Å². The van der Waals surface area contributed by atoms with E-state index in [0.29, 0.717) is 34.0 Å². The lowest BCUT2D eigenvalue weighted by molar-refractivity contribution is -0.148. The van der Waals surface area contributed by atoms with Crippen LogP contribution < -0.4 is 4.74 Å². The van der Waals surface area contributed by atoms with Crippen molar-refractivity contribution in [3.8, 4) is 5.75 Å². The van der Waals surface area contributed by atoms with Gasteiger partial charge in [0.2, 0.25) is 0 Å². The van der Waals surface area contributed by atoms with E-state index in [-0.39, 0.29) is 35.0 Å². The van der Waals surface area contributed by atoms with Crippen LogP contribution in [0, 0.1) is 20.8 Å². The molecule has 1 aromatic heterocycles. The number of ether oxygens (including phenoxy) is 1. The highest BCUT2D eigenvalue weighted by atomic mass is 19.3. The maximum Gasteiger partial charge on any atom is 0.340 e. The molecule has 272 valence electrons. The van der Waals surface area contributed by atoms with Crippen molar-refractivity contribution in [1.29, 1.82) is 0 Å². The van der Waals surface area contributed by atoms with E-state index < -0.39 is 24.9 Å². The SMILES string of the molecule is CC(=O)CCn1c2ccc(/C(=N/OC(C)=O)c3ccccc3OCC(F)(F)C(F)F)cc2c2cc(C(=O)c3c(C)cc(C)cc3C)c3ccccc3c21. The lowest BCUT2D eigenvalue weighted by Gasteiger charge is -2.18. The Morgan fingerprint density at radius 1 is 0.792 bits per heavy atom. The molecule has 0 amide bonds. The fourth-order valence-corrected chi connectivity index (χ4v) is 6.87. The summed E-state index contributed by atoms with van der Waals surface area (Å²) in [5, 5.41) is 6.96. The Bertz CT molecular complexity index is 2440. The molecule has 0 radical (unpaired) electrons. The average molecular weight is 725 g/mol. The number of ketones is 2. The zero-order valence-electron chi connectivity index (χ0n) is 29.7. The number of halogens is 4. The number of benzene rings is 5. The molecule has 1 heterocycles. The summed E-state index contributed by atoms with van der Waals surface area (Å²) in [4.78, 5) is 43.8. The lowest BCUT2D eigenvalue weighted by atomic mass is 9.89. The maximum absolute atomic E-state index is 14.5. The van der Waals surface area contributed by atoms with Crippen molar-refractivity contribution in [2.45, 2.75) is 59.9 Å². The number of carbonyl (C=O) groups excluding carboxylic acids is 3. The topological polar surface area (TPSA) is 87.0 Å². The van der Waals surface area contributed by atoms with E-state index in [1.54, 1.807) is 24.3 Å². The number of carbonyl (C=O) groups is 3. The monoisotopic (exact) mass is 724 g/mol. The summed E-state index contributed by atoms with van der Waals surface area (Å²) in [7, 11) is 0. The highest BCUT2D eigenvalue weighted by Gasteiger charge is 2.42. The molecule has 11 heteroatoms. The van der Waals surface area contributed by atoms with E-state index in [0.717, 1.165) is 45.4 Å². The Balaban J connectivity index is 1.62. The summed E-state index contributed by atoms with van der Waals surface area (Å²) in [5.41, 5.74) is 5.82. The van der Waals surface area contributed by atoms with Crippen molar-refractivity contribution in [2.75, 3.05) is 6.61 Å². The highest BCUT2D eigenvalue weighted by Crippen LogP contribution is 2.39. The first kappa shape index (κ1) is 36.9. The minimum atomic E-state index is -4.42. The molecule has 6 aromatic rings. The van der Waals surface area contributed by atoms with Crippen LogP contribution in [0.5, 0.6) is 5.75 Å². The van der Waals surface area contributed by atoms with Gasteiger partial charge in [-0.15, -0.1) is 0 Å². The highest BCUT2D eigenvalue weighted by molar-refractivity contribution is 6.27. The van der Waals surface area contributed by atoms with Crippen LogP contribution in [0.4, 0.5) is 17.6 Å². The Labute approximate surface area is 302 Å².